The summed E-state index contributed by atoms with van der Waals surface area (Å²) in [4.78, 5) is 13.4. The van der Waals surface area contributed by atoms with Crippen molar-refractivity contribution in [3.05, 3.63) is 28.7 Å². The lowest BCUT2D eigenvalue weighted by Crippen LogP contribution is -2.29. The monoisotopic (exact) mass is 256 g/mol. The van der Waals surface area contributed by atoms with Crippen LogP contribution < -0.4 is 5.56 Å². The smallest absolute Gasteiger partial charge is 0.247 e. The zero-order chi connectivity index (χ0) is 12.6. The van der Waals surface area contributed by atoms with Gasteiger partial charge in [0.1, 0.15) is 0 Å². The van der Waals surface area contributed by atoms with Gasteiger partial charge >= 0.3 is 0 Å². The summed E-state index contributed by atoms with van der Waals surface area (Å²) in [6.07, 6.45) is 2.33. The molecule has 1 aliphatic rings. The Morgan fingerprint density at radius 3 is 2.59 bits per heavy atom. The van der Waals surface area contributed by atoms with E-state index in [9.17, 15) is 13.2 Å². The minimum Gasteiger partial charge on any atom is -0.328 e. The minimum atomic E-state index is -3.47. The van der Waals surface area contributed by atoms with Gasteiger partial charge in [-0.15, -0.1) is 0 Å². The summed E-state index contributed by atoms with van der Waals surface area (Å²) >= 11 is 0. The van der Waals surface area contributed by atoms with Crippen molar-refractivity contribution in [1.82, 2.24) is 9.29 Å². The highest BCUT2D eigenvalue weighted by atomic mass is 32.2. The van der Waals surface area contributed by atoms with Gasteiger partial charge in [0.2, 0.25) is 15.6 Å². The summed E-state index contributed by atoms with van der Waals surface area (Å²) in [5, 5.41) is 0. The summed E-state index contributed by atoms with van der Waals surface area (Å²) in [5.74, 6) is 1.08. The van der Waals surface area contributed by atoms with Crippen LogP contribution in [0.15, 0.2) is 28.0 Å². The van der Waals surface area contributed by atoms with Gasteiger partial charge in [0.05, 0.1) is 4.90 Å². The zero-order valence-corrected chi connectivity index (χ0v) is 10.7. The Morgan fingerprint density at radius 1 is 1.47 bits per heavy atom. The van der Waals surface area contributed by atoms with Crippen molar-refractivity contribution in [3.8, 4) is 0 Å². The number of H-pyrrole nitrogens is 1. The molecule has 1 fully saturated rings. The first kappa shape index (κ1) is 12.3. The van der Waals surface area contributed by atoms with E-state index in [0.29, 0.717) is 18.4 Å². The number of rotatable bonds is 4. The number of nitrogens with one attached hydrogen (secondary N) is 1. The first-order valence-electron chi connectivity index (χ1n) is 5.56. The third-order valence-electron chi connectivity index (χ3n) is 3.23. The zero-order valence-electron chi connectivity index (χ0n) is 9.88. The minimum absolute atomic E-state index is 0.132. The molecule has 2 rings (SSSR count). The Labute approximate surface area is 101 Å². The number of aromatic amines is 1. The highest BCUT2D eigenvalue weighted by molar-refractivity contribution is 7.89. The Kier molecular flexibility index (Phi) is 3.09. The van der Waals surface area contributed by atoms with Crippen molar-refractivity contribution < 1.29 is 8.42 Å². The summed E-state index contributed by atoms with van der Waals surface area (Å²) in [7, 11) is -1.90. The van der Waals surface area contributed by atoms with Crippen molar-refractivity contribution >= 4 is 10.0 Å². The maximum atomic E-state index is 12.1. The van der Waals surface area contributed by atoms with Crippen molar-refractivity contribution in [1.29, 1.82) is 0 Å². The molecule has 0 bridgehead atoms. The molecule has 0 aliphatic heterocycles. The molecule has 1 N–H and O–H groups in total. The van der Waals surface area contributed by atoms with Gasteiger partial charge < -0.3 is 4.98 Å². The maximum absolute atomic E-state index is 12.1. The molecule has 1 heterocycles. The molecule has 2 atom stereocenters. The van der Waals surface area contributed by atoms with E-state index in [4.69, 9.17) is 0 Å². The number of pyridine rings is 1. The molecule has 0 spiro atoms. The van der Waals surface area contributed by atoms with Crippen molar-refractivity contribution in [3.63, 3.8) is 0 Å². The summed E-state index contributed by atoms with van der Waals surface area (Å²) in [6.45, 7) is 2.66. The molecule has 17 heavy (non-hydrogen) atoms. The molecule has 1 aliphatic carbocycles. The SMILES string of the molecule is CC1CC1CN(C)S(=O)(=O)c1ccc(=O)[nH]c1. The first-order chi connectivity index (χ1) is 7.91. The quantitative estimate of drug-likeness (QED) is 0.860. The number of sulfonamides is 1. The second-order valence-corrected chi connectivity index (χ2v) is 6.69. The summed E-state index contributed by atoms with van der Waals surface area (Å²) < 4.78 is 25.6. The molecule has 0 amide bonds. The lowest BCUT2D eigenvalue weighted by atomic mass is 10.3. The highest BCUT2D eigenvalue weighted by Gasteiger charge is 2.36. The molecule has 1 aromatic heterocycles. The topological polar surface area (TPSA) is 70.2 Å². The van der Waals surface area contributed by atoms with Crippen LogP contribution in [0.3, 0.4) is 0 Å². The standard InChI is InChI=1S/C11H16N2O3S/c1-8-5-9(8)7-13(2)17(15,16)10-3-4-11(14)12-6-10/h3-4,6,8-9H,5,7H2,1-2H3,(H,12,14). The number of aromatic nitrogens is 1. The molecule has 5 nitrogen and oxygen atoms in total. The second-order valence-electron chi connectivity index (χ2n) is 4.65. The van der Waals surface area contributed by atoms with Gasteiger partial charge in [0, 0.05) is 25.9 Å². The molecule has 0 aromatic carbocycles. The predicted molar refractivity (Wildman–Crippen MR) is 64.1 cm³/mol. The Bertz CT molecular complexity index is 544. The van der Waals surface area contributed by atoms with Crippen LogP contribution in [0.5, 0.6) is 0 Å². The molecule has 1 aromatic rings. The van der Waals surface area contributed by atoms with Crippen LogP contribution in [0.4, 0.5) is 0 Å². The number of hydrogen-bond donors (Lipinski definition) is 1. The third kappa shape index (κ3) is 2.58. The Hall–Kier alpha value is -1.14. The molecule has 6 heteroatoms. The van der Waals surface area contributed by atoms with Crippen molar-refractivity contribution in [2.24, 2.45) is 11.8 Å². The average Bonchev–Trinajstić information content (AvgIpc) is 2.94. The lowest BCUT2D eigenvalue weighted by molar-refractivity contribution is 0.444. The molecular formula is C11H16N2O3S. The van der Waals surface area contributed by atoms with E-state index >= 15 is 0 Å². The predicted octanol–water partition coefficient (Wildman–Crippen LogP) is 0.651. The van der Waals surface area contributed by atoms with Gasteiger partial charge in [0.25, 0.3) is 0 Å². The van der Waals surface area contributed by atoms with Gasteiger partial charge in [-0.3, -0.25) is 4.79 Å². The molecule has 2 unspecified atom stereocenters. The number of nitrogens with zero attached hydrogens (tertiary/aromatic N) is 1. The number of hydrogen-bond acceptors (Lipinski definition) is 3. The van der Waals surface area contributed by atoms with E-state index in [2.05, 4.69) is 11.9 Å². The van der Waals surface area contributed by atoms with E-state index in [1.165, 1.54) is 22.6 Å². The fourth-order valence-corrected chi connectivity index (χ4v) is 3.01. The van der Waals surface area contributed by atoms with E-state index in [0.717, 1.165) is 6.42 Å². The fraction of sp³-hybridized carbons (Fsp3) is 0.545. The maximum Gasteiger partial charge on any atom is 0.247 e. The molecule has 0 saturated heterocycles. The van der Waals surface area contributed by atoms with Gasteiger partial charge in [-0.1, -0.05) is 6.92 Å². The highest BCUT2D eigenvalue weighted by Crippen LogP contribution is 2.38. The van der Waals surface area contributed by atoms with Gasteiger partial charge in [-0.2, -0.15) is 0 Å². The average molecular weight is 256 g/mol. The van der Waals surface area contributed by atoms with Crippen molar-refractivity contribution in [2.45, 2.75) is 18.2 Å². The Morgan fingerprint density at radius 2 is 2.12 bits per heavy atom. The van der Waals surface area contributed by atoms with Gasteiger partial charge in [0.15, 0.2) is 0 Å². The van der Waals surface area contributed by atoms with E-state index in [1.54, 1.807) is 7.05 Å². The summed E-state index contributed by atoms with van der Waals surface area (Å²) in [6, 6.07) is 2.56. The van der Waals surface area contributed by atoms with Crippen LogP contribution in [0, 0.1) is 11.8 Å². The van der Waals surface area contributed by atoms with Crippen LogP contribution in [0.1, 0.15) is 13.3 Å². The van der Waals surface area contributed by atoms with E-state index < -0.39 is 10.0 Å². The Balaban J connectivity index is 2.17. The molecular weight excluding hydrogens is 240 g/mol. The third-order valence-corrected chi connectivity index (χ3v) is 5.05. The molecule has 94 valence electrons. The van der Waals surface area contributed by atoms with E-state index in [-0.39, 0.29) is 10.5 Å². The summed E-state index contributed by atoms with van der Waals surface area (Å²) in [5.41, 5.74) is -0.303. The van der Waals surface area contributed by atoms with Crippen LogP contribution in [-0.4, -0.2) is 31.3 Å². The fourth-order valence-electron chi connectivity index (χ4n) is 1.82. The van der Waals surface area contributed by atoms with E-state index in [1.807, 2.05) is 0 Å². The van der Waals surface area contributed by atoms with Crippen LogP contribution in [0.2, 0.25) is 0 Å². The molecule has 0 radical (unpaired) electrons. The normalized spacial score (nSPS) is 23.9. The van der Waals surface area contributed by atoms with Crippen LogP contribution in [0.25, 0.3) is 0 Å². The second kappa shape index (κ2) is 4.27. The largest absolute Gasteiger partial charge is 0.328 e. The van der Waals surface area contributed by atoms with Crippen LogP contribution >= 0.6 is 0 Å². The van der Waals surface area contributed by atoms with Crippen LogP contribution in [-0.2, 0) is 10.0 Å². The lowest BCUT2D eigenvalue weighted by Gasteiger charge is -2.16. The van der Waals surface area contributed by atoms with Gasteiger partial charge in [-0.05, 0) is 24.3 Å². The molecule has 1 saturated carbocycles. The first-order valence-corrected chi connectivity index (χ1v) is 7.00. The van der Waals surface area contributed by atoms with Gasteiger partial charge in [-0.25, -0.2) is 12.7 Å². The van der Waals surface area contributed by atoms with Crippen molar-refractivity contribution in [2.75, 3.05) is 13.6 Å².